The number of hydrogen-bond donors (Lipinski definition) is 0. The summed E-state index contributed by atoms with van der Waals surface area (Å²) < 4.78 is 9.38. The number of benzene rings is 1. The smallest absolute Gasteiger partial charge is 0.322 e. The highest BCUT2D eigenvalue weighted by Crippen LogP contribution is 2.17. The molecule has 0 heterocycles. The van der Waals surface area contributed by atoms with Gasteiger partial charge in [-0.2, -0.15) is 0 Å². The molecule has 1 rings (SSSR count). The largest absolute Gasteiger partial charge is 0.466 e. The molecule has 0 aliphatic rings. The molecule has 0 unspecified atom stereocenters. The molecule has 1 aromatic rings. The van der Waals surface area contributed by atoms with E-state index in [2.05, 4.69) is 4.74 Å². The number of carbonyl (C=O) groups is 2. The summed E-state index contributed by atoms with van der Waals surface area (Å²) in [5.74, 6) is -1.32. The van der Waals surface area contributed by atoms with Gasteiger partial charge in [-0.25, -0.2) is 0 Å². The van der Waals surface area contributed by atoms with E-state index in [1.807, 2.05) is 0 Å². The molecule has 0 bridgehead atoms. The molecule has 0 saturated carbocycles. The van der Waals surface area contributed by atoms with E-state index in [1.54, 1.807) is 6.92 Å². The summed E-state index contributed by atoms with van der Waals surface area (Å²) >= 11 is 0. The van der Waals surface area contributed by atoms with Gasteiger partial charge in [-0.15, -0.1) is 0 Å². The van der Waals surface area contributed by atoms with Gasteiger partial charge in [-0.1, -0.05) is 0 Å². The molecule has 1 aromatic carbocycles. The van der Waals surface area contributed by atoms with Crippen LogP contribution >= 0.6 is 0 Å². The van der Waals surface area contributed by atoms with Crippen molar-refractivity contribution >= 4 is 17.6 Å². The Morgan fingerprint density at radius 3 is 2.33 bits per heavy atom. The highest BCUT2D eigenvalue weighted by atomic mass is 16.6. The van der Waals surface area contributed by atoms with Crippen molar-refractivity contribution in [1.82, 2.24) is 0 Å². The monoisotopic (exact) mass is 253 g/mol. The van der Waals surface area contributed by atoms with Crippen molar-refractivity contribution in [3.05, 3.63) is 34.4 Å². The number of nitro groups is 1. The summed E-state index contributed by atoms with van der Waals surface area (Å²) in [7, 11) is 0. The first-order valence-electron chi connectivity index (χ1n) is 5.13. The number of nitrogens with zero attached hydrogens (tertiary/aromatic N) is 1. The van der Waals surface area contributed by atoms with E-state index >= 15 is 0 Å². The second-order valence-corrected chi connectivity index (χ2v) is 3.21. The maximum absolute atomic E-state index is 11.3. The minimum Gasteiger partial charge on any atom is -0.466 e. The quantitative estimate of drug-likeness (QED) is 0.259. The molecule has 0 atom stereocenters. The number of ether oxygens (including phenoxy) is 2. The number of esters is 2. The fraction of sp³-hybridized carbons (Fsp3) is 0.273. The second kappa shape index (κ2) is 6.33. The Hall–Kier alpha value is -2.44. The summed E-state index contributed by atoms with van der Waals surface area (Å²) in [5, 5.41) is 10.4. The van der Waals surface area contributed by atoms with Gasteiger partial charge in [0, 0.05) is 12.1 Å². The molecule has 0 radical (unpaired) electrons. The highest BCUT2D eigenvalue weighted by molar-refractivity contribution is 5.92. The summed E-state index contributed by atoms with van der Waals surface area (Å²) in [6, 6.07) is 4.96. The third kappa shape index (κ3) is 4.20. The van der Waals surface area contributed by atoms with E-state index < -0.39 is 23.3 Å². The van der Waals surface area contributed by atoms with Gasteiger partial charge in [-0.3, -0.25) is 19.7 Å². The van der Waals surface area contributed by atoms with Gasteiger partial charge in [0.05, 0.1) is 11.5 Å². The van der Waals surface area contributed by atoms with Crippen LogP contribution in [0.1, 0.15) is 13.3 Å². The van der Waals surface area contributed by atoms with Crippen LogP contribution in [-0.4, -0.2) is 23.5 Å². The first-order chi connectivity index (χ1) is 8.52. The Morgan fingerprint density at radius 1 is 1.22 bits per heavy atom. The molecule has 7 nitrogen and oxygen atoms in total. The summed E-state index contributed by atoms with van der Waals surface area (Å²) in [4.78, 5) is 32.1. The van der Waals surface area contributed by atoms with Gasteiger partial charge in [0.25, 0.3) is 5.69 Å². The summed E-state index contributed by atoms with van der Waals surface area (Å²) in [5.41, 5.74) is -0.111. The van der Waals surface area contributed by atoms with Crippen LogP contribution in [0.3, 0.4) is 0 Å². The van der Waals surface area contributed by atoms with Crippen LogP contribution in [0, 0.1) is 10.1 Å². The van der Waals surface area contributed by atoms with Crippen molar-refractivity contribution < 1.29 is 24.0 Å². The molecule has 0 aliphatic carbocycles. The van der Waals surface area contributed by atoms with Crippen LogP contribution in [0.4, 0.5) is 5.69 Å². The average Bonchev–Trinajstić information content (AvgIpc) is 2.29. The molecular formula is C11H11NO6. The molecule has 0 aromatic heterocycles. The van der Waals surface area contributed by atoms with Crippen LogP contribution in [0.5, 0.6) is 5.75 Å². The van der Waals surface area contributed by atoms with E-state index in [9.17, 15) is 19.7 Å². The van der Waals surface area contributed by atoms with Crippen molar-refractivity contribution in [2.45, 2.75) is 13.3 Å². The minimum atomic E-state index is -0.776. The maximum atomic E-state index is 11.3. The Balaban J connectivity index is 2.54. The van der Waals surface area contributed by atoms with Gasteiger partial charge < -0.3 is 9.47 Å². The molecule has 7 heteroatoms. The Morgan fingerprint density at radius 2 is 1.83 bits per heavy atom. The Labute approximate surface area is 102 Å². The average molecular weight is 253 g/mol. The predicted octanol–water partition coefficient (Wildman–Crippen LogP) is 1.45. The molecule has 0 saturated heterocycles. The van der Waals surface area contributed by atoms with Crippen molar-refractivity contribution in [2.75, 3.05) is 6.61 Å². The normalized spacial score (nSPS) is 9.61. The highest BCUT2D eigenvalue weighted by Gasteiger charge is 2.13. The van der Waals surface area contributed by atoms with Crippen molar-refractivity contribution in [1.29, 1.82) is 0 Å². The number of nitro benzene ring substituents is 1. The maximum Gasteiger partial charge on any atom is 0.322 e. The van der Waals surface area contributed by atoms with Crippen molar-refractivity contribution in [3.8, 4) is 5.75 Å². The van der Waals surface area contributed by atoms with Crippen LogP contribution in [0.2, 0.25) is 0 Å². The first-order valence-corrected chi connectivity index (χ1v) is 5.13. The molecule has 0 aliphatic heterocycles. The van der Waals surface area contributed by atoms with Crippen LogP contribution < -0.4 is 4.74 Å². The standard InChI is InChI=1S/C11H11NO6/c1-2-17-10(13)7-11(14)18-9-5-3-8(4-6-9)12(15)16/h3-6H,2,7H2,1H3. The lowest BCUT2D eigenvalue weighted by molar-refractivity contribution is -0.384. The third-order valence-electron chi connectivity index (χ3n) is 1.87. The molecule has 0 N–H and O–H groups in total. The molecule has 18 heavy (non-hydrogen) atoms. The van der Waals surface area contributed by atoms with Gasteiger partial charge >= 0.3 is 11.9 Å². The lowest BCUT2D eigenvalue weighted by Gasteiger charge is -2.03. The van der Waals surface area contributed by atoms with Gasteiger partial charge in [0.1, 0.15) is 12.2 Å². The Kier molecular flexibility index (Phi) is 4.79. The van der Waals surface area contributed by atoms with Gasteiger partial charge in [0.15, 0.2) is 0 Å². The second-order valence-electron chi connectivity index (χ2n) is 3.21. The van der Waals surface area contributed by atoms with Crippen LogP contribution in [0.25, 0.3) is 0 Å². The number of hydrogen-bond acceptors (Lipinski definition) is 6. The zero-order chi connectivity index (χ0) is 13.5. The van der Waals surface area contributed by atoms with Gasteiger partial charge in [0.2, 0.25) is 0 Å². The zero-order valence-electron chi connectivity index (χ0n) is 9.62. The van der Waals surface area contributed by atoms with E-state index in [4.69, 9.17) is 4.74 Å². The van der Waals surface area contributed by atoms with Crippen molar-refractivity contribution in [3.63, 3.8) is 0 Å². The Bertz CT molecular complexity index is 453. The zero-order valence-corrected chi connectivity index (χ0v) is 9.62. The van der Waals surface area contributed by atoms with E-state index in [-0.39, 0.29) is 18.0 Å². The predicted molar refractivity (Wildman–Crippen MR) is 60.0 cm³/mol. The summed E-state index contributed by atoms with van der Waals surface area (Å²) in [6.45, 7) is 1.81. The molecule has 0 amide bonds. The minimum absolute atomic E-state index is 0.111. The van der Waals surface area contributed by atoms with Crippen LogP contribution in [0.15, 0.2) is 24.3 Å². The third-order valence-corrected chi connectivity index (χ3v) is 1.87. The molecule has 0 spiro atoms. The molecule has 0 fully saturated rings. The van der Waals surface area contributed by atoms with Gasteiger partial charge in [-0.05, 0) is 19.1 Å². The van der Waals surface area contributed by atoms with Crippen LogP contribution in [-0.2, 0) is 14.3 Å². The fourth-order valence-corrected chi connectivity index (χ4v) is 1.13. The number of rotatable bonds is 5. The number of non-ortho nitro benzene ring substituents is 1. The lowest BCUT2D eigenvalue weighted by atomic mass is 10.3. The molecular weight excluding hydrogens is 242 g/mol. The van der Waals surface area contributed by atoms with E-state index in [0.717, 1.165) is 0 Å². The SMILES string of the molecule is CCOC(=O)CC(=O)Oc1ccc([N+](=O)[O-])cc1. The topological polar surface area (TPSA) is 95.7 Å². The van der Waals surface area contributed by atoms with Crippen molar-refractivity contribution in [2.24, 2.45) is 0 Å². The first kappa shape index (κ1) is 13.6. The summed E-state index contributed by atoms with van der Waals surface area (Å²) in [6.07, 6.45) is -0.495. The van der Waals surface area contributed by atoms with E-state index in [0.29, 0.717) is 0 Å². The lowest BCUT2D eigenvalue weighted by Crippen LogP contribution is -2.15. The molecule has 96 valence electrons. The fourth-order valence-electron chi connectivity index (χ4n) is 1.13. The van der Waals surface area contributed by atoms with E-state index in [1.165, 1.54) is 24.3 Å². The number of carbonyl (C=O) groups excluding carboxylic acids is 2.